The SMILES string of the molecule is CC(C)NC(=O)CNC(=O)[C@H](c1ccc(F)cc1)N(C)C. The second kappa shape index (κ2) is 7.73. The van der Waals surface area contributed by atoms with Crippen LogP contribution in [0.3, 0.4) is 0 Å². The Hall–Kier alpha value is -1.95. The summed E-state index contributed by atoms with van der Waals surface area (Å²) in [4.78, 5) is 25.5. The highest BCUT2D eigenvalue weighted by Gasteiger charge is 2.23. The van der Waals surface area contributed by atoms with E-state index in [0.29, 0.717) is 5.56 Å². The number of benzene rings is 1. The summed E-state index contributed by atoms with van der Waals surface area (Å²) in [6.45, 7) is 3.62. The molecule has 0 saturated carbocycles. The number of rotatable bonds is 6. The van der Waals surface area contributed by atoms with Gasteiger partial charge < -0.3 is 10.6 Å². The largest absolute Gasteiger partial charge is 0.352 e. The number of carbonyl (C=O) groups is 2. The van der Waals surface area contributed by atoms with E-state index in [1.807, 2.05) is 13.8 Å². The van der Waals surface area contributed by atoms with Crippen molar-refractivity contribution in [1.82, 2.24) is 15.5 Å². The van der Waals surface area contributed by atoms with Crippen molar-refractivity contribution in [2.24, 2.45) is 0 Å². The quantitative estimate of drug-likeness (QED) is 0.825. The van der Waals surface area contributed by atoms with E-state index in [-0.39, 0.29) is 30.2 Å². The number of likely N-dealkylation sites (N-methyl/N-ethyl adjacent to an activating group) is 1. The molecule has 0 spiro atoms. The van der Waals surface area contributed by atoms with Gasteiger partial charge in [0, 0.05) is 6.04 Å². The number of carbonyl (C=O) groups excluding carboxylic acids is 2. The van der Waals surface area contributed by atoms with Crippen LogP contribution in [0.4, 0.5) is 4.39 Å². The van der Waals surface area contributed by atoms with Gasteiger partial charge in [-0.15, -0.1) is 0 Å². The van der Waals surface area contributed by atoms with Crippen molar-refractivity contribution in [2.75, 3.05) is 20.6 Å². The van der Waals surface area contributed by atoms with Crippen LogP contribution in [-0.4, -0.2) is 43.4 Å². The zero-order valence-corrected chi connectivity index (χ0v) is 12.8. The van der Waals surface area contributed by atoms with Gasteiger partial charge in [-0.25, -0.2) is 4.39 Å². The van der Waals surface area contributed by atoms with Gasteiger partial charge in [0.05, 0.1) is 6.54 Å². The Bertz CT molecular complexity index is 486. The molecule has 1 aromatic rings. The molecule has 1 atom stereocenters. The van der Waals surface area contributed by atoms with Crippen molar-refractivity contribution in [3.05, 3.63) is 35.6 Å². The highest BCUT2D eigenvalue weighted by Crippen LogP contribution is 2.18. The maximum atomic E-state index is 13.0. The molecule has 1 aromatic carbocycles. The maximum Gasteiger partial charge on any atom is 0.242 e. The van der Waals surface area contributed by atoms with Gasteiger partial charge in [0.25, 0.3) is 0 Å². The molecule has 2 N–H and O–H groups in total. The van der Waals surface area contributed by atoms with Gasteiger partial charge in [0.2, 0.25) is 11.8 Å². The van der Waals surface area contributed by atoms with Gasteiger partial charge in [-0.05, 0) is 45.6 Å². The number of amides is 2. The molecular formula is C15H22FN3O2. The van der Waals surface area contributed by atoms with Crippen molar-refractivity contribution in [2.45, 2.75) is 25.9 Å². The molecule has 0 unspecified atom stereocenters. The molecule has 0 aliphatic carbocycles. The third kappa shape index (κ3) is 5.51. The minimum Gasteiger partial charge on any atom is -0.352 e. The normalized spacial score (nSPS) is 12.3. The van der Waals surface area contributed by atoms with Crippen LogP contribution in [0.2, 0.25) is 0 Å². The molecule has 116 valence electrons. The van der Waals surface area contributed by atoms with Gasteiger partial charge >= 0.3 is 0 Å². The van der Waals surface area contributed by atoms with Gasteiger partial charge in [-0.3, -0.25) is 14.5 Å². The lowest BCUT2D eigenvalue weighted by atomic mass is 10.1. The van der Waals surface area contributed by atoms with Crippen molar-refractivity contribution >= 4 is 11.8 Å². The second-order valence-electron chi connectivity index (χ2n) is 5.36. The van der Waals surface area contributed by atoms with Crippen LogP contribution in [0, 0.1) is 5.82 Å². The molecule has 0 radical (unpaired) electrons. The molecule has 21 heavy (non-hydrogen) atoms. The Morgan fingerprint density at radius 3 is 2.24 bits per heavy atom. The van der Waals surface area contributed by atoms with Crippen LogP contribution in [0.1, 0.15) is 25.5 Å². The fourth-order valence-corrected chi connectivity index (χ4v) is 1.97. The van der Waals surface area contributed by atoms with Crippen molar-refractivity contribution < 1.29 is 14.0 Å². The average Bonchev–Trinajstić information content (AvgIpc) is 2.38. The summed E-state index contributed by atoms with van der Waals surface area (Å²) in [7, 11) is 3.50. The minimum atomic E-state index is -0.572. The molecule has 5 nitrogen and oxygen atoms in total. The molecule has 0 aliphatic heterocycles. The fraction of sp³-hybridized carbons (Fsp3) is 0.467. The number of halogens is 1. The number of hydrogen-bond acceptors (Lipinski definition) is 3. The summed E-state index contributed by atoms with van der Waals surface area (Å²) in [5, 5.41) is 5.29. The molecule has 1 rings (SSSR count). The van der Waals surface area contributed by atoms with Crippen LogP contribution in [-0.2, 0) is 9.59 Å². The summed E-state index contributed by atoms with van der Waals surface area (Å²) >= 11 is 0. The van der Waals surface area contributed by atoms with Crippen LogP contribution in [0.15, 0.2) is 24.3 Å². The first-order valence-electron chi connectivity index (χ1n) is 6.80. The zero-order valence-electron chi connectivity index (χ0n) is 12.8. The molecule has 0 aromatic heterocycles. The van der Waals surface area contributed by atoms with E-state index in [0.717, 1.165) is 0 Å². The van der Waals surface area contributed by atoms with Gasteiger partial charge in [0.15, 0.2) is 0 Å². The Morgan fingerprint density at radius 1 is 1.19 bits per heavy atom. The average molecular weight is 295 g/mol. The Kier molecular flexibility index (Phi) is 6.30. The number of nitrogens with one attached hydrogen (secondary N) is 2. The van der Waals surface area contributed by atoms with E-state index in [9.17, 15) is 14.0 Å². The predicted molar refractivity (Wildman–Crippen MR) is 79.1 cm³/mol. The minimum absolute atomic E-state index is 0.0242. The zero-order chi connectivity index (χ0) is 16.0. The summed E-state index contributed by atoms with van der Waals surface area (Å²) in [6, 6.07) is 5.20. The lowest BCUT2D eigenvalue weighted by molar-refractivity contribution is -0.129. The molecule has 0 bridgehead atoms. The fourth-order valence-electron chi connectivity index (χ4n) is 1.97. The topological polar surface area (TPSA) is 61.4 Å². The van der Waals surface area contributed by atoms with Crippen LogP contribution in [0.5, 0.6) is 0 Å². The van der Waals surface area contributed by atoms with E-state index in [4.69, 9.17) is 0 Å². The van der Waals surface area contributed by atoms with Gasteiger partial charge in [0.1, 0.15) is 11.9 Å². The second-order valence-corrected chi connectivity index (χ2v) is 5.36. The standard InChI is InChI=1S/C15H22FN3O2/c1-10(2)18-13(20)9-17-15(21)14(19(3)4)11-5-7-12(16)8-6-11/h5-8,10,14H,9H2,1-4H3,(H,17,21)(H,18,20)/t14-/m0/s1. The lowest BCUT2D eigenvalue weighted by Gasteiger charge is -2.23. The Balaban J connectivity index is 2.70. The van der Waals surface area contributed by atoms with Gasteiger partial charge in [-0.2, -0.15) is 0 Å². The Morgan fingerprint density at radius 2 is 1.76 bits per heavy atom. The highest BCUT2D eigenvalue weighted by atomic mass is 19.1. The van der Waals surface area contributed by atoms with E-state index in [1.165, 1.54) is 12.1 Å². The van der Waals surface area contributed by atoms with E-state index < -0.39 is 6.04 Å². The number of nitrogens with zero attached hydrogens (tertiary/aromatic N) is 1. The van der Waals surface area contributed by atoms with E-state index >= 15 is 0 Å². The number of hydrogen-bond donors (Lipinski definition) is 2. The van der Waals surface area contributed by atoms with E-state index in [2.05, 4.69) is 10.6 Å². The van der Waals surface area contributed by atoms with Crippen molar-refractivity contribution in [3.8, 4) is 0 Å². The monoisotopic (exact) mass is 295 g/mol. The summed E-state index contributed by atoms with van der Waals surface area (Å²) in [5.74, 6) is -0.895. The molecule has 0 aliphatic rings. The van der Waals surface area contributed by atoms with Crippen molar-refractivity contribution in [3.63, 3.8) is 0 Å². The third-order valence-electron chi connectivity index (χ3n) is 2.82. The smallest absolute Gasteiger partial charge is 0.242 e. The first-order valence-corrected chi connectivity index (χ1v) is 6.80. The summed E-state index contributed by atoms with van der Waals surface area (Å²) in [6.07, 6.45) is 0. The first kappa shape index (κ1) is 17.1. The van der Waals surface area contributed by atoms with Crippen LogP contribution >= 0.6 is 0 Å². The summed E-state index contributed by atoms with van der Waals surface area (Å²) < 4.78 is 13.0. The summed E-state index contributed by atoms with van der Waals surface area (Å²) in [5.41, 5.74) is 0.670. The van der Waals surface area contributed by atoms with Crippen LogP contribution in [0.25, 0.3) is 0 Å². The molecule has 6 heteroatoms. The molecule has 0 saturated heterocycles. The molecular weight excluding hydrogens is 273 g/mol. The molecule has 0 fully saturated rings. The van der Waals surface area contributed by atoms with Crippen LogP contribution < -0.4 is 10.6 Å². The lowest BCUT2D eigenvalue weighted by Crippen LogP contribution is -2.43. The first-order chi connectivity index (χ1) is 9.81. The van der Waals surface area contributed by atoms with Crippen molar-refractivity contribution in [1.29, 1.82) is 0 Å². The van der Waals surface area contributed by atoms with E-state index in [1.54, 1.807) is 31.1 Å². The highest BCUT2D eigenvalue weighted by molar-refractivity contribution is 5.88. The maximum absolute atomic E-state index is 13.0. The molecule has 2 amide bonds. The predicted octanol–water partition coefficient (Wildman–Crippen LogP) is 1.07. The van der Waals surface area contributed by atoms with Gasteiger partial charge in [-0.1, -0.05) is 12.1 Å². The Labute approximate surface area is 124 Å². The third-order valence-corrected chi connectivity index (χ3v) is 2.82. The molecule has 0 heterocycles.